The molecule has 2 aromatic carbocycles. The molecule has 3 aromatic rings. The van der Waals surface area contributed by atoms with Crippen LogP contribution in [-0.4, -0.2) is 23.0 Å². The molecule has 4 rings (SSSR count). The van der Waals surface area contributed by atoms with Crippen molar-refractivity contribution in [2.75, 3.05) is 12.3 Å². The number of carbonyl (C=O) groups is 2. The fraction of sp³-hybridized carbons (Fsp3) is 0.136. The average Bonchev–Trinajstić information content (AvgIpc) is 3.01. The molecule has 0 aliphatic carbocycles. The highest BCUT2D eigenvalue weighted by Crippen LogP contribution is 2.32. The number of amides is 2. The maximum atomic E-state index is 12.9. The van der Waals surface area contributed by atoms with E-state index in [-0.39, 0.29) is 16.9 Å². The first-order chi connectivity index (χ1) is 14.0. The number of imide groups is 1. The summed E-state index contributed by atoms with van der Waals surface area (Å²) in [5.74, 6) is -0.875. The lowest BCUT2D eigenvalue weighted by molar-refractivity contribution is 0.0880. The van der Waals surface area contributed by atoms with Gasteiger partial charge in [-0.3, -0.25) is 24.3 Å². The third-order valence-corrected chi connectivity index (χ3v) is 4.72. The second kappa shape index (κ2) is 7.27. The number of nitrogen functional groups attached to an aromatic ring is 1. The van der Waals surface area contributed by atoms with Crippen LogP contribution >= 0.6 is 0 Å². The number of hydrogen-bond donors (Lipinski definition) is 2. The highest BCUT2D eigenvalue weighted by Gasteiger charge is 2.32. The first-order valence-electron chi connectivity index (χ1n) is 9.25. The maximum absolute atomic E-state index is 12.9. The number of fused-ring (bicyclic) bond motifs is 1. The van der Waals surface area contributed by atoms with Crippen LogP contribution < -0.4 is 21.3 Å². The van der Waals surface area contributed by atoms with Crippen molar-refractivity contribution in [2.45, 2.75) is 13.3 Å². The van der Waals surface area contributed by atoms with Gasteiger partial charge in [0.25, 0.3) is 17.4 Å². The van der Waals surface area contributed by atoms with Gasteiger partial charge < -0.3 is 10.5 Å². The smallest absolute Gasteiger partial charge is 0.262 e. The first-order valence-corrected chi connectivity index (χ1v) is 9.25. The zero-order valence-electron chi connectivity index (χ0n) is 15.8. The summed E-state index contributed by atoms with van der Waals surface area (Å²) in [5, 5.41) is 2.17. The normalized spacial score (nSPS) is 12.6. The number of nitrogens with zero attached hydrogens (tertiary/aromatic N) is 1. The van der Waals surface area contributed by atoms with Gasteiger partial charge in [0.2, 0.25) is 0 Å². The molecule has 7 heteroatoms. The summed E-state index contributed by atoms with van der Waals surface area (Å²) in [6, 6.07) is 16.3. The van der Waals surface area contributed by atoms with E-state index in [9.17, 15) is 14.4 Å². The number of carbonyl (C=O) groups excluding carboxylic acids is 2. The van der Waals surface area contributed by atoms with Gasteiger partial charge in [-0.1, -0.05) is 43.3 Å². The van der Waals surface area contributed by atoms with E-state index in [0.29, 0.717) is 18.0 Å². The second-order valence-electron chi connectivity index (χ2n) is 6.67. The summed E-state index contributed by atoms with van der Waals surface area (Å²) < 4.78 is 7.04. The minimum Gasteiger partial charge on any atom is -0.491 e. The molecular formula is C22H19N3O4. The molecular weight excluding hydrogens is 370 g/mol. The molecule has 3 N–H and O–H groups in total. The molecule has 146 valence electrons. The van der Waals surface area contributed by atoms with E-state index >= 15 is 0 Å². The topological polar surface area (TPSA) is 103 Å². The van der Waals surface area contributed by atoms with Gasteiger partial charge in [0.1, 0.15) is 11.6 Å². The van der Waals surface area contributed by atoms with Crippen molar-refractivity contribution in [3.05, 3.63) is 76.1 Å². The molecule has 1 aliphatic heterocycles. The summed E-state index contributed by atoms with van der Waals surface area (Å²) in [4.78, 5) is 37.0. The van der Waals surface area contributed by atoms with Gasteiger partial charge in [-0.05, 0) is 29.7 Å². The zero-order valence-corrected chi connectivity index (χ0v) is 15.8. The number of anilines is 1. The number of rotatable bonds is 5. The molecule has 0 bridgehead atoms. The Morgan fingerprint density at radius 1 is 0.966 bits per heavy atom. The standard InChI is InChI=1S/C22H19N3O4/c1-2-10-29-17-9-8-14(13-6-4-3-5-7-13)11-16(17)25-18(26)12-15-19(20(25)23)22(28)24-21(15)27/h3-9,11-12H,2,10,23H2,1H3,(H,24,27,28). The Balaban J connectivity index is 1.96. The van der Waals surface area contributed by atoms with Crippen LogP contribution in [-0.2, 0) is 0 Å². The molecule has 0 saturated carbocycles. The average molecular weight is 389 g/mol. The van der Waals surface area contributed by atoms with Crippen molar-refractivity contribution in [3.8, 4) is 22.6 Å². The molecule has 29 heavy (non-hydrogen) atoms. The Labute approximate surface area is 166 Å². The molecule has 7 nitrogen and oxygen atoms in total. The molecule has 2 amide bonds. The predicted molar refractivity (Wildman–Crippen MR) is 109 cm³/mol. The third kappa shape index (κ3) is 3.16. The zero-order chi connectivity index (χ0) is 20.5. The molecule has 0 radical (unpaired) electrons. The van der Waals surface area contributed by atoms with Crippen LogP contribution in [0.3, 0.4) is 0 Å². The summed E-state index contributed by atoms with van der Waals surface area (Å²) in [6.45, 7) is 2.43. The van der Waals surface area contributed by atoms with Crippen LogP contribution in [0.2, 0.25) is 0 Å². The van der Waals surface area contributed by atoms with Gasteiger partial charge in [-0.25, -0.2) is 0 Å². The van der Waals surface area contributed by atoms with E-state index in [1.165, 1.54) is 4.57 Å². The second-order valence-corrected chi connectivity index (χ2v) is 6.67. The Hall–Kier alpha value is -3.87. The number of benzene rings is 2. The fourth-order valence-electron chi connectivity index (χ4n) is 3.36. The van der Waals surface area contributed by atoms with Crippen LogP contribution in [0.5, 0.6) is 5.75 Å². The number of hydrogen-bond acceptors (Lipinski definition) is 5. The fourth-order valence-corrected chi connectivity index (χ4v) is 3.36. The van der Waals surface area contributed by atoms with Crippen LogP contribution in [0.25, 0.3) is 16.8 Å². The van der Waals surface area contributed by atoms with E-state index in [2.05, 4.69) is 5.32 Å². The van der Waals surface area contributed by atoms with Crippen molar-refractivity contribution in [2.24, 2.45) is 0 Å². The Bertz CT molecular complexity index is 1180. The number of pyridine rings is 1. The maximum Gasteiger partial charge on any atom is 0.262 e. The van der Waals surface area contributed by atoms with Gasteiger partial charge >= 0.3 is 0 Å². The molecule has 0 saturated heterocycles. The van der Waals surface area contributed by atoms with Gasteiger partial charge in [0.05, 0.1) is 23.4 Å². The third-order valence-electron chi connectivity index (χ3n) is 4.72. The Morgan fingerprint density at radius 2 is 1.72 bits per heavy atom. The predicted octanol–water partition coefficient (Wildman–Crippen LogP) is 2.76. The van der Waals surface area contributed by atoms with Crippen LogP contribution in [0.15, 0.2) is 59.4 Å². The lowest BCUT2D eigenvalue weighted by Gasteiger charge is -2.17. The van der Waals surface area contributed by atoms with E-state index < -0.39 is 17.4 Å². The number of ether oxygens (including phenoxy) is 1. The van der Waals surface area contributed by atoms with Gasteiger partial charge in [-0.2, -0.15) is 0 Å². The van der Waals surface area contributed by atoms with E-state index in [4.69, 9.17) is 10.5 Å². The van der Waals surface area contributed by atoms with Gasteiger partial charge in [0, 0.05) is 6.07 Å². The molecule has 2 heterocycles. The lowest BCUT2D eigenvalue weighted by atomic mass is 10.0. The highest BCUT2D eigenvalue weighted by atomic mass is 16.5. The molecule has 0 fully saturated rings. The van der Waals surface area contributed by atoms with Crippen LogP contribution in [0, 0.1) is 0 Å². The summed E-state index contributed by atoms with van der Waals surface area (Å²) >= 11 is 0. The van der Waals surface area contributed by atoms with Crippen molar-refractivity contribution >= 4 is 17.6 Å². The van der Waals surface area contributed by atoms with Crippen LogP contribution in [0.1, 0.15) is 34.1 Å². The first kappa shape index (κ1) is 18.5. The number of nitrogens with two attached hydrogens (primary N) is 1. The number of aromatic nitrogens is 1. The Kier molecular flexibility index (Phi) is 4.64. The summed E-state index contributed by atoms with van der Waals surface area (Å²) in [5.41, 5.74) is 7.90. The van der Waals surface area contributed by atoms with E-state index in [1.807, 2.05) is 43.3 Å². The summed E-state index contributed by atoms with van der Waals surface area (Å²) in [7, 11) is 0. The largest absolute Gasteiger partial charge is 0.491 e. The van der Waals surface area contributed by atoms with Crippen molar-refractivity contribution in [3.63, 3.8) is 0 Å². The quantitative estimate of drug-likeness (QED) is 0.653. The van der Waals surface area contributed by atoms with Crippen molar-refractivity contribution in [1.82, 2.24) is 9.88 Å². The van der Waals surface area contributed by atoms with Gasteiger partial charge in [0.15, 0.2) is 0 Å². The Morgan fingerprint density at radius 3 is 2.45 bits per heavy atom. The summed E-state index contributed by atoms with van der Waals surface area (Å²) in [6.07, 6.45) is 0.783. The molecule has 1 aromatic heterocycles. The van der Waals surface area contributed by atoms with Crippen LogP contribution in [0.4, 0.5) is 5.82 Å². The van der Waals surface area contributed by atoms with E-state index in [1.54, 1.807) is 12.1 Å². The highest BCUT2D eigenvalue weighted by molar-refractivity contribution is 6.23. The molecule has 0 unspecified atom stereocenters. The molecule has 1 aliphatic rings. The molecule has 0 atom stereocenters. The van der Waals surface area contributed by atoms with Crippen molar-refractivity contribution < 1.29 is 14.3 Å². The monoisotopic (exact) mass is 389 g/mol. The minimum atomic E-state index is -0.624. The SMILES string of the molecule is CCCOc1ccc(-c2ccccc2)cc1-n1c(N)c2c(cc1=O)C(=O)NC2=O. The molecule has 0 spiro atoms. The number of nitrogens with one attached hydrogen (secondary N) is 1. The van der Waals surface area contributed by atoms with Gasteiger partial charge in [-0.15, -0.1) is 0 Å². The lowest BCUT2D eigenvalue weighted by Crippen LogP contribution is -2.24. The van der Waals surface area contributed by atoms with E-state index in [0.717, 1.165) is 23.6 Å². The van der Waals surface area contributed by atoms with Crippen molar-refractivity contribution in [1.29, 1.82) is 0 Å². The minimum absolute atomic E-state index is 0.00107.